The van der Waals surface area contributed by atoms with Crippen LogP contribution in [0.1, 0.15) is 183 Å². The molecule has 3 aliphatic rings. The van der Waals surface area contributed by atoms with Crippen molar-refractivity contribution in [1.29, 1.82) is 0 Å². The van der Waals surface area contributed by atoms with Crippen LogP contribution in [0.2, 0.25) is 0 Å². The molecule has 0 heterocycles. The number of hydrogen-bond acceptors (Lipinski definition) is 12. The van der Waals surface area contributed by atoms with E-state index in [1.54, 1.807) is 45.0 Å². The van der Waals surface area contributed by atoms with Gasteiger partial charge in [-0.2, -0.15) is 0 Å². The average Bonchev–Trinajstić information content (AvgIpc) is 0.694. The summed E-state index contributed by atoms with van der Waals surface area (Å²) in [6, 6.07) is 77.3. The Bertz CT molecular complexity index is 4250. The number of hydrogen-bond donors (Lipinski definition) is 0. The van der Waals surface area contributed by atoms with E-state index in [1.165, 1.54) is 150 Å². The predicted molar refractivity (Wildman–Crippen MR) is 441 cm³/mol. The first-order valence-electron chi connectivity index (χ1n) is 37.6. The summed E-state index contributed by atoms with van der Waals surface area (Å²) in [7, 11) is -1.01. The second-order valence-corrected chi connectivity index (χ2v) is 37.2. The summed E-state index contributed by atoms with van der Waals surface area (Å²) in [5.41, 5.74) is 5.74. The van der Waals surface area contributed by atoms with Gasteiger partial charge in [-0.25, -0.2) is 18.8 Å². The van der Waals surface area contributed by atoms with Gasteiger partial charge in [-0.05, 0) is 251 Å². The number of carbonyl (C=O) groups is 6. The Morgan fingerprint density at radius 1 is 0.294 bits per heavy atom. The molecule has 0 saturated heterocycles. The largest absolute Gasteiger partial charge is 0.461 e. The third-order valence-corrected chi connectivity index (χ3v) is 27.0. The van der Waals surface area contributed by atoms with Crippen molar-refractivity contribution in [3.05, 3.63) is 270 Å². The van der Waals surface area contributed by atoms with Crippen LogP contribution in [-0.2, 0) is 75.5 Å². The number of carbonyl (C=O) groups excluding carboxylic acids is 6. The number of alkyl halides is 3. The second kappa shape index (κ2) is 43.7. The molecule has 5 atom stereocenters. The monoisotopic (exact) mass is 1720 g/mol. The molecule has 3 saturated carbocycles. The Labute approximate surface area is 675 Å². The lowest BCUT2D eigenvalue weighted by molar-refractivity contribution is -0.144. The highest BCUT2D eigenvalue weighted by molar-refractivity contribution is 9.10. The lowest BCUT2D eigenvalue weighted by Crippen LogP contribution is -2.18. The molecule has 12 nitrogen and oxygen atoms in total. The molecule has 570 valence electrons. The molecule has 0 spiro atoms. The lowest BCUT2D eigenvalue weighted by Gasteiger charge is -2.22. The normalized spacial score (nSPS) is 15.3. The molecule has 9 aromatic rings. The molecule has 9 aromatic carbocycles. The molecule has 12 rings (SSSR count). The minimum atomic E-state index is -0.490. The van der Waals surface area contributed by atoms with Gasteiger partial charge in [0.15, 0.2) is 44.1 Å². The van der Waals surface area contributed by atoms with Crippen LogP contribution in [-0.4, -0.2) is 89.9 Å². The quantitative estimate of drug-likeness (QED) is 0.0158. The van der Waals surface area contributed by atoms with E-state index in [4.69, 9.17) is 28.4 Å². The molecule has 0 radical (unpaired) electrons. The highest BCUT2D eigenvalue weighted by Crippen LogP contribution is 2.40. The number of esters is 6. The summed E-state index contributed by atoms with van der Waals surface area (Å²) < 4.78 is 44.3. The Morgan fingerprint density at radius 2 is 0.495 bits per heavy atom. The zero-order chi connectivity index (χ0) is 76.9. The van der Waals surface area contributed by atoms with Crippen LogP contribution in [0.5, 0.6) is 0 Å². The van der Waals surface area contributed by atoms with Crippen molar-refractivity contribution >= 4 is 116 Å². The standard InChI is InChI=1S/C36H42BrO4S.C30H32BrO4S.C24H21BrFO4S/c1-26(37)35(38)40-24-25-41-36(39)31-16-22-34(23-17-31)42(32-18-12-29(13-19-32)27-8-4-2-5-9-27)33-20-14-30(15-21-33)28-10-6-3-7-11-28;1-22(31)29(32)34-20-21-35-30(33)25-14-18-28(19-15-25)36(26-10-6-3-7-11-26)27-16-12-24(13-17-27)23-8-4-2-5-9-23;1-17(25)23(27)29-15-16-30-24(28)18-7-11-21(12-8-18)31(20-5-3-2-4-6-20)22-13-9-19(26)10-14-22/h12-23,26-28H,2-11,24-25H2,1H3;3,6-7,10-19,22-23H,2,4-5,8-9,20-21H2,1H3;2-14,17H,15-16H2,1H3/q3*+1. The van der Waals surface area contributed by atoms with Gasteiger partial charge in [0.05, 0.1) is 49.4 Å². The van der Waals surface area contributed by atoms with Crippen LogP contribution < -0.4 is 0 Å². The Hall–Kier alpha value is -7.78. The molecule has 109 heavy (non-hydrogen) atoms. The fourth-order valence-corrected chi connectivity index (χ4v) is 20.0. The summed E-state index contributed by atoms with van der Waals surface area (Å²) in [4.78, 5) is 81.1. The summed E-state index contributed by atoms with van der Waals surface area (Å²) in [5.74, 6) is -0.736. The molecule has 0 amide bonds. The van der Waals surface area contributed by atoms with E-state index in [0.717, 1.165) is 19.6 Å². The van der Waals surface area contributed by atoms with E-state index in [0.29, 0.717) is 34.4 Å². The van der Waals surface area contributed by atoms with Crippen LogP contribution in [0.4, 0.5) is 4.39 Å². The summed E-state index contributed by atoms with van der Waals surface area (Å²) in [5, 5.41) is 0. The number of ether oxygens (including phenoxy) is 6. The van der Waals surface area contributed by atoms with Crippen LogP contribution in [0.15, 0.2) is 275 Å². The van der Waals surface area contributed by atoms with Gasteiger partial charge in [-0.3, -0.25) is 14.4 Å². The maximum absolute atomic E-state index is 13.4. The van der Waals surface area contributed by atoms with Crippen LogP contribution in [0, 0.1) is 5.82 Å². The molecule has 3 fully saturated rings. The third kappa shape index (κ3) is 25.4. The van der Waals surface area contributed by atoms with Gasteiger partial charge >= 0.3 is 35.8 Å². The number of benzene rings is 9. The zero-order valence-electron chi connectivity index (χ0n) is 61.9. The zero-order valence-corrected chi connectivity index (χ0v) is 69.1. The molecular formula is C90H95Br3FO12S3+3. The Balaban J connectivity index is 0.000000176. The van der Waals surface area contributed by atoms with E-state index in [1.807, 2.05) is 84.9 Å². The highest BCUT2D eigenvalue weighted by Gasteiger charge is 2.34. The van der Waals surface area contributed by atoms with Crippen LogP contribution in [0.3, 0.4) is 0 Å². The Morgan fingerprint density at radius 3 is 0.725 bits per heavy atom. The fourth-order valence-electron chi connectivity index (χ4n) is 13.5. The number of halogens is 4. The summed E-state index contributed by atoms with van der Waals surface area (Å²) >= 11 is 9.43. The summed E-state index contributed by atoms with van der Waals surface area (Å²) in [6.45, 7) is 5.14. The van der Waals surface area contributed by atoms with E-state index < -0.39 is 39.6 Å². The van der Waals surface area contributed by atoms with Crippen molar-refractivity contribution in [2.45, 2.75) is 193 Å². The first kappa shape index (κ1) is 83.7. The fraction of sp³-hybridized carbons (Fsp3) is 0.333. The number of rotatable bonds is 27. The molecule has 0 bridgehead atoms. The molecule has 3 aliphatic carbocycles. The van der Waals surface area contributed by atoms with Gasteiger partial charge < -0.3 is 28.4 Å². The van der Waals surface area contributed by atoms with Crippen LogP contribution >= 0.6 is 47.8 Å². The molecule has 5 unspecified atom stereocenters. The molecule has 19 heteroatoms. The molecule has 0 aromatic heterocycles. The predicted octanol–water partition coefficient (Wildman–Crippen LogP) is 22.1. The van der Waals surface area contributed by atoms with E-state index in [9.17, 15) is 33.2 Å². The maximum atomic E-state index is 13.4. The topological polar surface area (TPSA) is 158 Å². The van der Waals surface area contributed by atoms with E-state index in [-0.39, 0.29) is 88.8 Å². The van der Waals surface area contributed by atoms with Gasteiger partial charge in [0.2, 0.25) is 0 Å². The van der Waals surface area contributed by atoms with E-state index in [2.05, 4.69) is 157 Å². The van der Waals surface area contributed by atoms with Crippen molar-refractivity contribution in [2.24, 2.45) is 0 Å². The first-order chi connectivity index (χ1) is 53.0. The van der Waals surface area contributed by atoms with Gasteiger partial charge in [0.1, 0.15) is 59.9 Å². The van der Waals surface area contributed by atoms with E-state index >= 15 is 0 Å². The van der Waals surface area contributed by atoms with Crippen molar-refractivity contribution < 1.29 is 61.6 Å². The van der Waals surface area contributed by atoms with Gasteiger partial charge in [-0.15, -0.1) is 0 Å². The van der Waals surface area contributed by atoms with Gasteiger partial charge in [-0.1, -0.05) is 178 Å². The second-order valence-electron chi connectivity index (χ2n) is 27.0. The van der Waals surface area contributed by atoms with Crippen molar-refractivity contribution in [3.63, 3.8) is 0 Å². The van der Waals surface area contributed by atoms with Crippen molar-refractivity contribution in [1.82, 2.24) is 0 Å². The lowest BCUT2D eigenvalue weighted by atomic mass is 9.84. The van der Waals surface area contributed by atoms with Gasteiger partial charge in [0, 0.05) is 0 Å². The summed E-state index contributed by atoms with van der Waals surface area (Å²) in [6.07, 6.45) is 19.8. The molecule has 0 aliphatic heterocycles. The minimum absolute atomic E-state index is 0.000623. The van der Waals surface area contributed by atoms with Gasteiger partial charge in [0.25, 0.3) is 0 Å². The van der Waals surface area contributed by atoms with Crippen molar-refractivity contribution in [3.8, 4) is 0 Å². The highest BCUT2D eigenvalue weighted by atomic mass is 79.9. The first-order valence-corrected chi connectivity index (χ1v) is 44.0. The maximum Gasteiger partial charge on any atom is 0.338 e. The SMILES string of the molecule is CC(Br)C(=O)OCCOC(=O)c1ccc([S+](c2ccc(C3CCCCC3)cc2)c2ccc(C3CCCCC3)cc2)cc1.CC(Br)C(=O)OCCOC(=O)c1ccc([S+](c2ccccc2)c2ccc(C3CCCCC3)cc2)cc1.CC(Br)C(=O)OCCOC(=O)c1ccc([S+](c2ccccc2)c2ccc(F)cc2)cc1. The smallest absolute Gasteiger partial charge is 0.338 e. The molecular weight excluding hydrogens is 1630 g/mol. The molecule has 0 N–H and O–H groups in total. The minimum Gasteiger partial charge on any atom is -0.461 e. The van der Waals surface area contributed by atoms with Crippen LogP contribution in [0.25, 0.3) is 0 Å². The average molecular weight is 1720 g/mol. The van der Waals surface area contributed by atoms with Crippen molar-refractivity contribution in [2.75, 3.05) is 39.6 Å². The Kier molecular flexibility index (Phi) is 33.6. The third-order valence-electron chi connectivity index (χ3n) is 19.2.